The molecule has 1 saturated heterocycles. The van der Waals surface area contributed by atoms with Gasteiger partial charge < -0.3 is 15.2 Å². The second-order valence-electron chi connectivity index (χ2n) is 2.99. The standard InChI is InChI=1S/C7H13NO.C3H6O2/c1-3-5-6-8-7(9)4-2;4-1-3-2-5-3/h4H,2-3,5-6H2,1H3,(H,8,9);3-4H,1-2H2. The number of amides is 1. The molecule has 1 aliphatic heterocycles. The van der Waals surface area contributed by atoms with Crippen molar-refractivity contribution >= 4 is 5.91 Å². The molecule has 1 aliphatic rings. The van der Waals surface area contributed by atoms with Gasteiger partial charge in [0.15, 0.2) is 0 Å². The predicted molar refractivity (Wildman–Crippen MR) is 54.9 cm³/mol. The maximum atomic E-state index is 10.5. The zero-order chi connectivity index (χ0) is 10.8. The number of carbonyl (C=O) groups is 1. The third kappa shape index (κ3) is 9.22. The molecule has 0 aliphatic carbocycles. The smallest absolute Gasteiger partial charge is 0.243 e. The van der Waals surface area contributed by atoms with Gasteiger partial charge in [0.25, 0.3) is 0 Å². The van der Waals surface area contributed by atoms with Crippen LogP contribution in [-0.2, 0) is 9.53 Å². The number of nitrogens with one attached hydrogen (secondary N) is 1. The van der Waals surface area contributed by atoms with Crippen LogP contribution in [0.25, 0.3) is 0 Å². The Morgan fingerprint density at radius 1 is 1.79 bits per heavy atom. The summed E-state index contributed by atoms with van der Waals surface area (Å²) in [6.45, 7) is 7.13. The molecule has 0 bridgehead atoms. The number of hydrogen-bond donors (Lipinski definition) is 2. The number of aliphatic hydroxyl groups is 1. The number of rotatable bonds is 5. The summed E-state index contributed by atoms with van der Waals surface area (Å²) in [5.74, 6) is -0.0801. The lowest BCUT2D eigenvalue weighted by molar-refractivity contribution is -0.116. The molecule has 1 unspecified atom stereocenters. The molecule has 4 nitrogen and oxygen atoms in total. The third-order valence-electron chi connectivity index (χ3n) is 1.62. The minimum Gasteiger partial charge on any atom is -0.394 e. The fourth-order valence-corrected chi connectivity index (χ4v) is 0.634. The Morgan fingerprint density at radius 3 is 2.71 bits per heavy atom. The second kappa shape index (κ2) is 8.72. The topological polar surface area (TPSA) is 61.9 Å². The van der Waals surface area contributed by atoms with Crippen LogP contribution in [0.4, 0.5) is 0 Å². The molecular weight excluding hydrogens is 182 g/mol. The highest BCUT2D eigenvalue weighted by molar-refractivity contribution is 5.86. The average molecular weight is 201 g/mol. The summed E-state index contributed by atoms with van der Waals surface area (Å²) in [7, 11) is 0. The van der Waals surface area contributed by atoms with Gasteiger partial charge in [0.1, 0.15) is 6.10 Å². The van der Waals surface area contributed by atoms with E-state index in [2.05, 4.69) is 23.6 Å². The van der Waals surface area contributed by atoms with Crippen LogP contribution in [0.5, 0.6) is 0 Å². The summed E-state index contributed by atoms with van der Waals surface area (Å²) in [6.07, 6.45) is 3.63. The molecule has 14 heavy (non-hydrogen) atoms. The van der Waals surface area contributed by atoms with Crippen LogP contribution in [-0.4, -0.2) is 36.9 Å². The van der Waals surface area contributed by atoms with Crippen molar-refractivity contribution in [3.8, 4) is 0 Å². The highest BCUT2D eigenvalue weighted by Gasteiger charge is 2.19. The van der Waals surface area contributed by atoms with E-state index in [4.69, 9.17) is 5.11 Å². The molecule has 4 heteroatoms. The minimum absolute atomic E-state index is 0.0801. The molecule has 1 rings (SSSR count). The SMILES string of the molecule is C=CC(=O)NCCCC.OCC1CO1. The average Bonchev–Trinajstić information content (AvgIpc) is 3.02. The molecule has 0 aromatic carbocycles. The lowest BCUT2D eigenvalue weighted by Crippen LogP contribution is -2.21. The monoisotopic (exact) mass is 201 g/mol. The quantitative estimate of drug-likeness (QED) is 0.386. The van der Waals surface area contributed by atoms with Crippen molar-refractivity contribution in [3.05, 3.63) is 12.7 Å². The van der Waals surface area contributed by atoms with Crippen LogP contribution >= 0.6 is 0 Å². The van der Waals surface area contributed by atoms with Gasteiger partial charge in [0, 0.05) is 6.54 Å². The molecule has 1 atom stereocenters. The Bertz CT molecular complexity index is 167. The largest absolute Gasteiger partial charge is 0.394 e. The molecular formula is C10H19NO3. The number of aliphatic hydroxyl groups excluding tert-OH is 1. The van der Waals surface area contributed by atoms with Crippen molar-refractivity contribution in [1.29, 1.82) is 0 Å². The van der Waals surface area contributed by atoms with Gasteiger partial charge in [0.2, 0.25) is 5.91 Å². The highest BCUT2D eigenvalue weighted by atomic mass is 16.6. The number of epoxide rings is 1. The molecule has 82 valence electrons. The van der Waals surface area contributed by atoms with E-state index in [1.165, 1.54) is 6.08 Å². The van der Waals surface area contributed by atoms with Gasteiger partial charge in [0.05, 0.1) is 13.2 Å². The molecule has 1 fully saturated rings. The van der Waals surface area contributed by atoms with Crippen LogP contribution in [0.3, 0.4) is 0 Å². The zero-order valence-electron chi connectivity index (χ0n) is 8.66. The molecule has 1 heterocycles. The number of carbonyl (C=O) groups excluding carboxylic acids is 1. The van der Waals surface area contributed by atoms with Crippen LogP contribution < -0.4 is 5.32 Å². The summed E-state index contributed by atoms with van der Waals surface area (Å²) in [4.78, 5) is 10.5. The Kier molecular flexibility index (Phi) is 8.17. The zero-order valence-corrected chi connectivity index (χ0v) is 8.66. The van der Waals surface area contributed by atoms with E-state index in [0.29, 0.717) is 0 Å². The van der Waals surface area contributed by atoms with Gasteiger partial charge in [-0.05, 0) is 12.5 Å². The van der Waals surface area contributed by atoms with Gasteiger partial charge in [-0.3, -0.25) is 4.79 Å². The number of hydrogen-bond acceptors (Lipinski definition) is 3. The summed E-state index contributed by atoms with van der Waals surface area (Å²) < 4.78 is 4.61. The lowest BCUT2D eigenvalue weighted by atomic mass is 10.3. The van der Waals surface area contributed by atoms with Crippen LogP contribution in [0, 0.1) is 0 Å². The summed E-state index contributed by atoms with van der Waals surface area (Å²) >= 11 is 0. The first-order valence-electron chi connectivity index (χ1n) is 4.87. The van der Waals surface area contributed by atoms with Gasteiger partial charge >= 0.3 is 0 Å². The van der Waals surface area contributed by atoms with E-state index in [9.17, 15) is 4.79 Å². The summed E-state index contributed by atoms with van der Waals surface area (Å²) in [6, 6.07) is 0. The molecule has 1 amide bonds. The molecule has 0 saturated carbocycles. The Hall–Kier alpha value is -0.870. The Morgan fingerprint density at radius 2 is 2.43 bits per heavy atom. The van der Waals surface area contributed by atoms with Crippen LogP contribution in [0.15, 0.2) is 12.7 Å². The summed E-state index contributed by atoms with van der Waals surface area (Å²) in [5.41, 5.74) is 0. The second-order valence-corrected chi connectivity index (χ2v) is 2.99. The van der Waals surface area contributed by atoms with Crippen molar-refractivity contribution in [1.82, 2.24) is 5.32 Å². The van der Waals surface area contributed by atoms with E-state index in [0.717, 1.165) is 26.0 Å². The van der Waals surface area contributed by atoms with Gasteiger partial charge in [-0.1, -0.05) is 19.9 Å². The minimum atomic E-state index is -0.0801. The van der Waals surface area contributed by atoms with Crippen molar-refractivity contribution in [2.45, 2.75) is 25.9 Å². The Labute approximate surface area is 85.0 Å². The molecule has 0 radical (unpaired) electrons. The number of unbranched alkanes of at least 4 members (excludes halogenated alkanes) is 1. The molecule has 0 aromatic heterocycles. The van der Waals surface area contributed by atoms with E-state index in [-0.39, 0.29) is 18.6 Å². The van der Waals surface area contributed by atoms with E-state index in [1.54, 1.807) is 0 Å². The first kappa shape index (κ1) is 13.1. The Balaban J connectivity index is 0.000000280. The van der Waals surface area contributed by atoms with Crippen molar-refractivity contribution in [2.75, 3.05) is 19.8 Å². The summed E-state index contributed by atoms with van der Waals surface area (Å²) in [5, 5.41) is 10.8. The lowest BCUT2D eigenvalue weighted by Gasteiger charge is -1.97. The van der Waals surface area contributed by atoms with E-state index < -0.39 is 0 Å². The molecule has 0 aromatic rings. The molecule has 2 N–H and O–H groups in total. The normalized spacial score (nSPS) is 17.7. The fraction of sp³-hybridized carbons (Fsp3) is 0.700. The third-order valence-corrected chi connectivity index (χ3v) is 1.62. The van der Waals surface area contributed by atoms with Gasteiger partial charge in [-0.2, -0.15) is 0 Å². The van der Waals surface area contributed by atoms with E-state index in [1.807, 2.05) is 0 Å². The van der Waals surface area contributed by atoms with Crippen molar-refractivity contribution in [3.63, 3.8) is 0 Å². The molecule has 0 spiro atoms. The van der Waals surface area contributed by atoms with E-state index >= 15 is 0 Å². The first-order valence-corrected chi connectivity index (χ1v) is 4.87. The number of ether oxygens (including phenoxy) is 1. The predicted octanol–water partition coefficient (Wildman–Crippen LogP) is 0.466. The highest BCUT2D eigenvalue weighted by Crippen LogP contribution is 2.04. The van der Waals surface area contributed by atoms with Crippen molar-refractivity contribution < 1.29 is 14.6 Å². The van der Waals surface area contributed by atoms with Crippen LogP contribution in [0.2, 0.25) is 0 Å². The van der Waals surface area contributed by atoms with Crippen LogP contribution in [0.1, 0.15) is 19.8 Å². The van der Waals surface area contributed by atoms with Gasteiger partial charge in [-0.25, -0.2) is 0 Å². The first-order chi connectivity index (χ1) is 6.74. The maximum Gasteiger partial charge on any atom is 0.243 e. The van der Waals surface area contributed by atoms with Crippen molar-refractivity contribution in [2.24, 2.45) is 0 Å². The fourth-order valence-electron chi connectivity index (χ4n) is 0.634. The maximum absolute atomic E-state index is 10.5. The van der Waals surface area contributed by atoms with Gasteiger partial charge in [-0.15, -0.1) is 0 Å².